The Hall–Kier alpha value is -1.64. The van der Waals surface area contributed by atoms with E-state index in [0.29, 0.717) is 19.4 Å². The Morgan fingerprint density at radius 3 is 2.29 bits per heavy atom. The molecule has 1 spiro atoms. The van der Waals surface area contributed by atoms with Crippen LogP contribution in [0.4, 0.5) is 4.79 Å². The number of epoxide rings is 2. The van der Waals surface area contributed by atoms with Crippen molar-refractivity contribution < 1.29 is 28.5 Å². The summed E-state index contributed by atoms with van der Waals surface area (Å²) in [5, 5.41) is 6.10. The third kappa shape index (κ3) is 5.44. The Morgan fingerprint density at radius 2 is 1.74 bits per heavy atom. The summed E-state index contributed by atoms with van der Waals surface area (Å²) < 4.78 is 24.1. The summed E-state index contributed by atoms with van der Waals surface area (Å²) in [4.78, 5) is 24.4. The van der Waals surface area contributed by atoms with Crippen molar-refractivity contribution in [1.29, 1.82) is 0 Å². The maximum Gasteiger partial charge on any atom is 0.407 e. The van der Waals surface area contributed by atoms with Crippen LogP contribution in [0.15, 0.2) is 11.6 Å². The summed E-state index contributed by atoms with van der Waals surface area (Å²) >= 11 is 0. The molecule has 0 aromatic carbocycles. The van der Waals surface area contributed by atoms with Crippen molar-refractivity contribution in [1.82, 2.24) is 10.6 Å². The van der Waals surface area contributed by atoms with Crippen LogP contribution in [0.2, 0.25) is 0 Å². The van der Waals surface area contributed by atoms with Gasteiger partial charge in [0.15, 0.2) is 0 Å². The molecule has 0 aromatic rings. The van der Waals surface area contributed by atoms with Gasteiger partial charge in [0.25, 0.3) is 0 Å². The molecule has 4 aliphatic rings. The van der Waals surface area contributed by atoms with Crippen molar-refractivity contribution in [3.63, 3.8) is 0 Å². The van der Waals surface area contributed by atoms with Gasteiger partial charge in [-0.05, 0) is 65.7 Å². The van der Waals surface area contributed by atoms with Crippen molar-refractivity contribution in [3.05, 3.63) is 11.6 Å². The van der Waals surface area contributed by atoms with E-state index in [0.717, 1.165) is 38.5 Å². The molecule has 8 nitrogen and oxygen atoms in total. The van der Waals surface area contributed by atoms with Crippen molar-refractivity contribution in [3.8, 4) is 0 Å². The van der Waals surface area contributed by atoms with E-state index in [1.807, 2.05) is 6.92 Å². The minimum atomic E-state index is -0.387. The summed E-state index contributed by atoms with van der Waals surface area (Å²) in [5.74, 6) is 0.104. The Morgan fingerprint density at radius 1 is 1.09 bits per heavy atom. The molecule has 8 heteroatoms. The number of methoxy groups -OCH3 is 1. The molecule has 0 aromatic heterocycles. The molecular weight excluding hydrogens is 436 g/mol. The molecule has 2 heterocycles. The second-order valence-electron chi connectivity index (χ2n) is 10.9. The van der Waals surface area contributed by atoms with Crippen LogP contribution in [0, 0.1) is 5.92 Å². The van der Waals surface area contributed by atoms with Crippen LogP contribution in [-0.4, -0.2) is 67.3 Å². The zero-order valence-corrected chi connectivity index (χ0v) is 21.4. The number of allylic oxidation sites excluding steroid dienone is 1. The van der Waals surface area contributed by atoms with Gasteiger partial charge in [0, 0.05) is 25.6 Å². The largest absolute Gasteiger partial charge is 0.443 e. The molecule has 2 aliphatic carbocycles. The Bertz CT molecular complexity index is 784. The van der Waals surface area contributed by atoms with Crippen LogP contribution in [0.25, 0.3) is 0 Å². The topological polar surface area (TPSA) is 102 Å². The molecule has 2 saturated carbocycles. The normalized spacial score (nSPS) is 40.9. The predicted octanol–water partition coefficient (Wildman–Crippen LogP) is 3.63. The third-order valence-electron chi connectivity index (χ3n) is 8.23. The van der Waals surface area contributed by atoms with Gasteiger partial charge in [-0.25, -0.2) is 4.79 Å². The SMILES string of the molecule is CCC(=O)NC1CCC(NC(=O)OC2CC[C@]3(CO3)C([C@]3(C)O[C@@H]3CC=C(C)C)C2OC)CC1. The molecule has 2 amide bonds. The second-order valence-corrected chi connectivity index (χ2v) is 10.9. The molecule has 0 radical (unpaired) electrons. The van der Waals surface area contributed by atoms with Crippen LogP contribution in [0.5, 0.6) is 0 Å². The predicted molar refractivity (Wildman–Crippen MR) is 127 cm³/mol. The minimum Gasteiger partial charge on any atom is -0.443 e. The van der Waals surface area contributed by atoms with Crippen molar-refractivity contribution in [2.24, 2.45) is 5.92 Å². The number of hydrogen-bond acceptors (Lipinski definition) is 6. The quantitative estimate of drug-likeness (QED) is 0.408. The molecule has 4 rings (SSSR count). The third-order valence-corrected chi connectivity index (χ3v) is 8.23. The molecule has 0 bridgehead atoms. The molecule has 2 N–H and O–H groups in total. The fourth-order valence-electron chi connectivity index (χ4n) is 6.12. The molecule has 2 aliphatic heterocycles. The van der Waals surface area contributed by atoms with Gasteiger partial charge in [-0.3, -0.25) is 4.79 Å². The summed E-state index contributed by atoms with van der Waals surface area (Å²) in [5.41, 5.74) is 0.706. The monoisotopic (exact) mass is 478 g/mol. The number of ether oxygens (including phenoxy) is 4. The molecule has 34 heavy (non-hydrogen) atoms. The lowest BCUT2D eigenvalue weighted by atomic mass is 9.68. The number of carbonyl (C=O) groups is 2. The lowest BCUT2D eigenvalue weighted by molar-refractivity contribution is -0.121. The van der Waals surface area contributed by atoms with Crippen LogP contribution >= 0.6 is 0 Å². The lowest BCUT2D eigenvalue weighted by Gasteiger charge is -2.42. The van der Waals surface area contributed by atoms with E-state index in [1.54, 1.807) is 7.11 Å². The first-order valence-electron chi connectivity index (χ1n) is 12.9. The first-order valence-corrected chi connectivity index (χ1v) is 12.9. The highest BCUT2D eigenvalue weighted by Crippen LogP contribution is 2.59. The highest BCUT2D eigenvalue weighted by Gasteiger charge is 2.72. The standard InChI is InChI=1S/C26H42N2O6/c1-6-21(29)27-17-8-10-18(11-9-17)28-24(30)33-19-13-14-26(15-32-26)23(22(19)31-5)25(4)20(34-25)12-7-16(2)3/h7,17-20,22-23H,6,8-15H2,1-5H3,(H,27,29)(H,28,30)/t17?,18?,19?,20-,22?,23?,25-,26+/m1/s1. The number of hydrogen-bond donors (Lipinski definition) is 2. The van der Waals surface area contributed by atoms with Crippen molar-refractivity contribution >= 4 is 12.0 Å². The molecule has 3 unspecified atom stereocenters. The first-order chi connectivity index (χ1) is 16.2. The van der Waals surface area contributed by atoms with E-state index in [4.69, 9.17) is 18.9 Å². The van der Waals surface area contributed by atoms with E-state index in [9.17, 15) is 9.59 Å². The number of rotatable bonds is 8. The highest BCUT2D eigenvalue weighted by atomic mass is 16.6. The van der Waals surface area contributed by atoms with Gasteiger partial charge in [-0.2, -0.15) is 0 Å². The fourth-order valence-corrected chi connectivity index (χ4v) is 6.12. The smallest absolute Gasteiger partial charge is 0.407 e. The molecule has 192 valence electrons. The number of carbonyl (C=O) groups excluding carboxylic acids is 2. The summed E-state index contributed by atoms with van der Waals surface area (Å²) in [6, 6.07) is 0.269. The maximum absolute atomic E-state index is 12.8. The number of amides is 2. The van der Waals surface area contributed by atoms with E-state index >= 15 is 0 Å². The van der Waals surface area contributed by atoms with Crippen LogP contribution in [-0.2, 0) is 23.7 Å². The van der Waals surface area contributed by atoms with Gasteiger partial charge in [0.2, 0.25) is 5.91 Å². The number of alkyl carbamates (subject to hydrolysis) is 1. The summed E-state index contributed by atoms with van der Waals surface area (Å²) in [7, 11) is 1.69. The van der Waals surface area contributed by atoms with Gasteiger partial charge in [0.1, 0.15) is 23.4 Å². The minimum absolute atomic E-state index is 0.0183. The second kappa shape index (κ2) is 10.2. The van der Waals surface area contributed by atoms with Crippen LogP contribution < -0.4 is 10.6 Å². The maximum atomic E-state index is 12.8. The van der Waals surface area contributed by atoms with Gasteiger partial charge in [-0.15, -0.1) is 0 Å². The lowest BCUT2D eigenvalue weighted by Crippen LogP contribution is -2.56. The Labute approximate surface area is 203 Å². The molecule has 2 saturated heterocycles. The van der Waals surface area contributed by atoms with E-state index in [2.05, 4.69) is 37.5 Å². The van der Waals surface area contributed by atoms with E-state index in [1.165, 1.54) is 5.57 Å². The van der Waals surface area contributed by atoms with E-state index < -0.39 is 0 Å². The van der Waals surface area contributed by atoms with Gasteiger partial charge >= 0.3 is 6.09 Å². The average molecular weight is 479 g/mol. The van der Waals surface area contributed by atoms with Gasteiger partial charge in [0.05, 0.1) is 18.6 Å². The fraction of sp³-hybridized carbons (Fsp3) is 0.846. The zero-order chi connectivity index (χ0) is 24.5. The van der Waals surface area contributed by atoms with E-state index in [-0.39, 0.29) is 59.5 Å². The zero-order valence-electron chi connectivity index (χ0n) is 21.4. The van der Waals surface area contributed by atoms with Gasteiger partial charge in [-0.1, -0.05) is 18.6 Å². The summed E-state index contributed by atoms with van der Waals surface area (Å²) in [6.45, 7) is 8.91. The molecule has 4 fully saturated rings. The van der Waals surface area contributed by atoms with Crippen molar-refractivity contribution in [2.75, 3.05) is 13.7 Å². The Balaban J connectivity index is 1.32. The average Bonchev–Trinajstić information content (AvgIpc) is 3.72. The molecular formula is C26H42N2O6. The highest BCUT2D eigenvalue weighted by molar-refractivity contribution is 5.75. The molecule has 6 atom stereocenters. The summed E-state index contributed by atoms with van der Waals surface area (Å²) in [6.07, 6.45) is 7.66. The first kappa shape index (κ1) is 25.5. The number of nitrogens with one attached hydrogen (secondary N) is 2. The Kier molecular flexibility index (Phi) is 7.60. The van der Waals surface area contributed by atoms with Crippen LogP contribution in [0.3, 0.4) is 0 Å². The van der Waals surface area contributed by atoms with Crippen LogP contribution in [0.1, 0.15) is 79.1 Å². The van der Waals surface area contributed by atoms with Crippen molar-refractivity contribution in [2.45, 2.75) is 121 Å². The van der Waals surface area contributed by atoms with Gasteiger partial charge < -0.3 is 29.6 Å².